The Kier molecular flexibility index (Phi) is 8.69. The van der Waals surface area contributed by atoms with Gasteiger partial charge in [0.15, 0.2) is 15.8 Å². The lowest BCUT2D eigenvalue weighted by molar-refractivity contribution is 0.547. The van der Waals surface area contributed by atoms with Crippen LogP contribution < -0.4 is 10.6 Å². The van der Waals surface area contributed by atoms with E-state index in [0.29, 0.717) is 23.4 Å². The normalized spacial score (nSPS) is 13.6. The van der Waals surface area contributed by atoms with Crippen LogP contribution in [0.25, 0.3) is 0 Å². The summed E-state index contributed by atoms with van der Waals surface area (Å²) in [6.07, 6.45) is 4.70. The Balaban J connectivity index is 2.41. The summed E-state index contributed by atoms with van der Waals surface area (Å²) in [7, 11) is -1.56. The molecule has 0 aliphatic carbocycles. The van der Waals surface area contributed by atoms with Crippen molar-refractivity contribution in [3.63, 3.8) is 0 Å². The molecule has 23 heavy (non-hydrogen) atoms. The summed E-state index contributed by atoms with van der Waals surface area (Å²) in [4.78, 5) is 4.51. The molecule has 2 N–H and O–H groups in total. The highest BCUT2D eigenvalue weighted by Crippen LogP contribution is 2.09. The maximum atomic E-state index is 12.2. The molecule has 6 heteroatoms. The lowest BCUT2D eigenvalue weighted by Crippen LogP contribution is -2.43. The first-order valence-corrected chi connectivity index (χ1v) is 9.89. The van der Waals surface area contributed by atoms with Crippen molar-refractivity contribution in [1.29, 1.82) is 0 Å². The Bertz CT molecular complexity index is 571. The number of sulfone groups is 1. The molecule has 1 aromatic carbocycles. The number of hydrogen-bond donors (Lipinski definition) is 2. The zero-order valence-corrected chi connectivity index (χ0v) is 15.2. The Morgan fingerprint density at radius 2 is 1.91 bits per heavy atom. The number of aliphatic imine (C=N–C) groups is 1. The van der Waals surface area contributed by atoms with Crippen LogP contribution in [-0.4, -0.2) is 39.8 Å². The lowest BCUT2D eigenvalue weighted by atomic mass is 10.1. The summed E-state index contributed by atoms with van der Waals surface area (Å²) in [6.45, 7) is 4.63. The van der Waals surface area contributed by atoms with Crippen molar-refractivity contribution in [1.82, 2.24) is 10.6 Å². The molecule has 0 amide bonds. The molecule has 130 valence electrons. The number of benzene rings is 1. The number of unbranched alkanes of at least 4 members (excludes halogenated alkanes) is 2. The first kappa shape index (κ1) is 19.5. The van der Waals surface area contributed by atoms with Crippen molar-refractivity contribution in [3.05, 3.63) is 30.3 Å². The van der Waals surface area contributed by atoms with E-state index in [1.54, 1.807) is 31.3 Å². The van der Waals surface area contributed by atoms with E-state index < -0.39 is 9.84 Å². The van der Waals surface area contributed by atoms with E-state index in [2.05, 4.69) is 29.5 Å². The summed E-state index contributed by atoms with van der Waals surface area (Å²) >= 11 is 0. The molecule has 0 bridgehead atoms. The van der Waals surface area contributed by atoms with Gasteiger partial charge >= 0.3 is 0 Å². The van der Waals surface area contributed by atoms with Gasteiger partial charge in [0, 0.05) is 19.6 Å². The average molecular weight is 340 g/mol. The molecule has 0 radical (unpaired) electrons. The van der Waals surface area contributed by atoms with Gasteiger partial charge < -0.3 is 10.6 Å². The highest BCUT2D eigenvalue weighted by molar-refractivity contribution is 7.91. The fourth-order valence-electron chi connectivity index (χ4n) is 2.25. The third kappa shape index (κ3) is 7.50. The van der Waals surface area contributed by atoms with Crippen LogP contribution in [0.5, 0.6) is 0 Å². The van der Waals surface area contributed by atoms with Crippen molar-refractivity contribution in [2.24, 2.45) is 4.99 Å². The van der Waals surface area contributed by atoms with Gasteiger partial charge in [-0.05, 0) is 25.5 Å². The number of nitrogens with zero attached hydrogens (tertiary/aromatic N) is 1. The minimum absolute atomic E-state index is 0.0436. The van der Waals surface area contributed by atoms with Crippen LogP contribution in [0.4, 0.5) is 0 Å². The maximum absolute atomic E-state index is 12.2. The third-order valence-electron chi connectivity index (χ3n) is 3.61. The fraction of sp³-hybridized carbons (Fsp3) is 0.588. The molecule has 0 saturated heterocycles. The summed E-state index contributed by atoms with van der Waals surface area (Å²) in [5, 5.41) is 6.37. The van der Waals surface area contributed by atoms with Gasteiger partial charge in [-0.3, -0.25) is 4.99 Å². The van der Waals surface area contributed by atoms with Crippen molar-refractivity contribution in [2.75, 3.05) is 19.3 Å². The quantitative estimate of drug-likeness (QED) is 0.412. The first-order valence-electron chi connectivity index (χ1n) is 8.24. The summed E-state index contributed by atoms with van der Waals surface area (Å²) in [6, 6.07) is 8.84. The summed E-state index contributed by atoms with van der Waals surface area (Å²) in [5.74, 6) is 0.694. The van der Waals surface area contributed by atoms with Crippen LogP contribution in [0.1, 0.15) is 39.5 Å². The smallest absolute Gasteiger partial charge is 0.191 e. The van der Waals surface area contributed by atoms with Crippen LogP contribution in [0.2, 0.25) is 0 Å². The van der Waals surface area contributed by atoms with E-state index in [1.807, 2.05) is 6.07 Å². The van der Waals surface area contributed by atoms with Crippen molar-refractivity contribution >= 4 is 15.8 Å². The maximum Gasteiger partial charge on any atom is 0.191 e. The molecule has 0 fully saturated rings. The lowest BCUT2D eigenvalue weighted by Gasteiger charge is -2.17. The van der Waals surface area contributed by atoms with Gasteiger partial charge in [-0.15, -0.1) is 0 Å². The summed E-state index contributed by atoms with van der Waals surface area (Å²) in [5.41, 5.74) is 0. The van der Waals surface area contributed by atoms with E-state index in [4.69, 9.17) is 0 Å². The second-order valence-electron chi connectivity index (χ2n) is 5.67. The average Bonchev–Trinajstić information content (AvgIpc) is 2.55. The van der Waals surface area contributed by atoms with Crippen LogP contribution in [0, 0.1) is 0 Å². The molecule has 0 spiro atoms. The number of rotatable bonds is 9. The Labute approximate surface area is 140 Å². The van der Waals surface area contributed by atoms with Gasteiger partial charge in [0.2, 0.25) is 0 Å². The minimum Gasteiger partial charge on any atom is -0.355 e. The Hall–Kier alpha value is -1.56. The van der Waals surface area contributed by atoms with Crippen molar-refractivity contribution in [2.45, 2.75) is 50.5 Å². The molecule has 5 nitrogen and oxygen atoms in total. The van der Waals surface area contributed by atoms with E-state index in [0.717, 1.165) is 6.42 Å². The third-order valence-corrected chi connectivity index (χ3v) is 5.34. The molecule has 0 aliphatic rings. The number of nitrogens with one attached hydrogen (secondary N) is 2. The van der Waals surface area contributed by atoms with Gasteiger partial charge in [0.05, 0.1) is 10.6 Å². The highest BCUT2D eigenvalue weighted by atomic mass is 32.2. The van der Waals surface area contributed by atoms with Gasteiger partial charge in [0.25, 0.3) is 0 Å². The minimum atomic E-state index is -3.26. The van der Waals surface area contributed by atoms with Crippen LogP contribution >= 0.6 is 0 Å². The number of hydrogen-bond acceptors (Lipinski definition) is 3. The molecule has 0 aromatic heterocycles. The van der Waals surface area contributed by atoms with Crippen molar-refractivity contribution in [3.8, 4) is 0 Å². The van der Waals surface area contributed by atoms with Crippen LogP contribution in [0.3, 0.4) is 0 Å². The highest BCUT2D eigenvalue weighted by Gasteiger charge is 2.13. The van der Waals surface area contributed by atoms with Crippen molar-refractivity contribution < 1.29 is 8.42 Å². The molecule has 1 rings (SSSR count). The Morgan fingerprint density at radius 3 is 2.52 bits per heavy atom. The standard InChI is InChI=1S/C17H29N3O2S/c1-4-5-7-10-15(2)20-17(18-3)19-13-14-23(21,22)16-11-8-6-9-12-16/h6,8-9,11-12,15H,4-5,7,10,13-14H2,1-3H3,(H2,18,19,20). The molecule has 1 atom stereocenters. The van der Waals surface area contributed by atoms with E-state index >= 15 is 0 Å². The van der Waals surface area contributed by atoms with E-state index in [9.17, 15) is 8.42 Å². The molecule has 1 aromatic rings. The van der Waals surface area contributed by atoms with E-state index in [1.165, 1.54) is 19.3 Å². The largest absolute Gasteiger partial charge is 0.355 e. The van der Waals surface area contributed by atoms with Crippen LogP contribution in [-0.2, 0) is 9.84 Å². The molecule has 0 saturated carbocycles. The van der Waals surface area contributed by atoms with Gasteiger partial charge in [-0.1, -0.05) is 44.4 Å². The van der Waals surface area contributed by atoms with E-state index in [-0.39, 0.29) is 5.75 Å². The topological polar surface area (TPSA) is 70.6 Å². The predicted molar refractivity (Wildman–Crippen MR) is 96.6 cm³/mol. The van der Waals surface area contributed by atoms with Gasteiger partial charge in [0.1, 0.15) is 0 Å². The van der Waals surface area contributed by atoms with Gasteiger partial charge in [-0.2, -0.15) is 0 Å². The van der Waals surface area contributed by atoms with Gasteiger partial charge in [-0.25, -0.2) is 8.42 Å². The molecular formula is C17H29N3O2S. The SMILES string of the molecule is CCCCCC(C)NC(=NC)NCCS(=O)(=O)c1ccccc1. The molecule has 0 heterocycles. The molecule has 1 unspecified atom stereocenters. The molecule has 0 aliphatic heterocycles. The fourth-order valence-corrected chi connectivity index (χ4v) is 3.43. The molecular weight excluding hydrogens is 310 g/mol. The second-order valence-corrected chi connectivity index (χ2v) is 7.78. The zero-order chi connectivity index (χ0) is 17.1. The zero-order valence-electron chi connectivity index (χ0n) is 14.4. The van der Waals surface area contributed by atoms with Crippen LogP contribution in [0.15, 0.2) is 40.2 Å². The number of guanidine groups is 1. The first-order chi connectivity index (χ1) is 11.0. The monoisotopic (exact) mass is 339 g/mol. The predicted octanol–water partition coefficient (Wildman–Crippen LogP) is 2.59. The second kappa shape index (κ2) is 10.3. The Morgan fingerprint density at radius 1 is 1.22 bits per heavy atom. The summed E-state index contributed by atoms with van der Waals surface area (Å²) < 4.78 is 24.4.